The van der Waals surface area contributed by atoms with Crippen molar-refractivity contribution < 1.29 is 26.7 Å². The van der Waals surface area contributed by atoms with E-state index in [-0.39, 0.29) is 6.54 Å². The molecule has 3 nitrogen and oxygen atoms in total. The highest BCUT2D eigenvalue weighted by Crippen LogP contribution is 2.24. The van der Waals surface area contributed by atoms with E-state index in [0.29, 0.717) is 4.90 Å². The smallest absolute Gasteiger partial charge is 0.260 e. The van der Waals surface area contributed by atoms with Crippen LogP contribution in [0.1, 0.15) is 17.3 Å². The molecule has 0 unspecified atom stereocenters. The van der Waals surface area contributed by atoms with Gasteiger partial charge in [-0.1, -0.05) is 0 Å². The molecule has 0 heterocycles. The molecule has 0 bridgehead atoms. The lowest BCUT2D eigenvalue weighted by Crippen LogP contribution is -2.33. The van der Waals surface area contributed by atoms with E-state index >= 15 is 0 Å². The first-order valence-electron chi connectivity index (χ1n) is 5.04. The summed E-state index contributed by atoms with van der Waals surface area (Å²) in [5.74, 6) is -12.6. The summed E-state index contributed by atoms with van der Waals surface area (Å²) in [5, 5.41) is 8.42. The lowest BCUT2D eigenvalue weighted by Gasteiger charge is -2.18. The number of benzene rings is 1. The summed E-state index contributed by atoms with van der Waals surface area (Å²) >= 11 is 0. The van der Waals surface area contributed by atoms with Gasteiger partial charge in [0.25, 0.3) is 5.91 Å². The Labute approximate surface area is 104 Å². The minimum atomic E-state index is -2.34. The van der Waals surface area contributed by atoms with Crippen LogP contribution >= 0.6 is 0 Å². The zero-order valence-corrected chi connectivity index (χ0v) is 9.61. The molecule has 0 aliphatic heterocycles. The molecule has 0 fully saturated rings. The van der Waals surface area contributed by atoms with Gasteiger partial charge >= 0.3 is 0 Å². The molecule has 0 atom stereocenters. The van der Waals surface area contributed by atoms with Crippen molar-refractivity contribution >= 4 is 5.91 Å². The second-order valence-electron chi connectivity index (χ2n) is 3.42. The van der Waals surface area contributed by atoms with Crippen LogP contribution in [0.4, 0.5) is 22.0 Å². The molecule has 0 aliphatic carbocycles. The number of hydrogen-bond donors (Lipinski definition) is 0. The van der Waals surface area contributed by atoms with Gasteiger partial charge in [0, 0.05) is 6.54 Å². The highest BCUT2D eigenvalue weighted by Gasteiger charge is 2.31. The second kappa shape index (κ2) is 5.65. The fraction of sp³-hybridized carbons (Fsp3) is 0.273. The normalized spacial score (nSPS) is 10.2. The van der Waals surface area contributed by atoms with Crippen LogP contribution in [0.2, 0.25) is 0 Å². The number of nitriles is 1. The Balaban J connectivity index is 3.44. The Hall–Kier alpha value is -2.17. The van der Waals surface area contributed by atoms with Gasteiger partial charge in [0.05, 0.1) is 6.07 Å². The summed E-state index contributed by atoms with van der Waals surface area (Å²) in [6.07, 6.45) is 0. The van der Waals surface area contributed by atoms with Crippen molar-refractivity contribution in [1.82, 2.24) is 4.90 Å². The van der Waals surface area contributed by atoms with Gasteiger partial charge in [-0.2, -0.15) is 5.26 Å². The van der Waals surface area contributed by atoms with Crippen LogP contribution in [0.3, 0.4) is 0 Å². The van der Waals surface area contributed by atoms with Gasteiger partial charge in [-0.05, 0) is 6.92 Å². The van der Waals surface area contributed by atoms with Crippen LogP contribution in [0.5, 0.6) is 0 Å². The third-order valence-electron chi connectivity index (χ3n) is 2.35. The number of halogens is 5. The number of amides is 1. The molecule has 0 saturated carbocycles. The van der Waals surface area contributed by atoms with Crippen LogP contribution < -0.4 is 0 Å². The molecule has 0 aliphatic rings. The fourth-order valence-corrected chi connectivity index (χ4v) is 1.36. The number of carbonyl (C=O) groups is 1. The average molecular weight is 278 g/mol. The highest BCUT2D eigenvalue weighted by molar-refractivity contribution is 5.95. The van der Waals surface area contributed by atoms with E-state index in [1.165, 1.54) is 6.92 Å². The van der Waals surface area contributed by atoms with E-state index in [4.69, 9.17) is 5.26 Å². The van der Waals surface area contributed by atoms with Crippen LogP contribution in [0, 0.1) is 40.4 Å². The maximum absolute atomic E-state index is 13.3. The number of rotatable bonds is 3. The molecular formula is C11H7F5N2O. The van der Waals surface area contributed by atoms with Gasteiger partial charge in [0.15, 0.2) is 23.3 Å². The molecular weight excluding hydrogens is 271 g/mol. The first kappa shape index (κ1) is 14.9. The van der Waals surface area contributed by atoms with E-state index < -0.39 is 47.1 Å². The zero-order chi connectivity index (χ0) is 14.7. The lowest BCUT2D eigenvalue weighted by molar-refractivity contribution is 0.0771. The Kier molecular flexibility index (Phi) is 4.43. The van der Waals surface area contributed by atoms with Crippen LogP contribution in [0.25, 0.3) is 0 Å². The van der Waals surface area contributed by atoms with Gasteiger partial charge < -0.3 is 4.90 Å². The fourth-order valence-electron chi connectivity index (χ4n) is 1.36. The summed E-state index contributed by atoms with van der Waals surface area (Å²) in [6.45, 7) is 0.738. The first-order valence-corrected chi connectivity index (χ1v) is 5.04. The molecule has 0 spiro atoms. The molecule has 1 aromatic rings. The van der Waals surface area contributed by atoms with E-state index in [9.17, 15) is 26.7 Å². The monoisotopic (exact) mass is 278 g/mol. The molecule has 1 aromatic carbocycles. The van der Waals surface area contributed by atoms with Crippen molar-refractivity contribution in [1.29, 1.82) is 5.26 Å². The van der Waals surface area contributed by atoms with E-state index in [1.54, 1.807) is 6.07 Å². The van der Waals surface area contributed by atoms with Crippen LogP contribution in [0.15, 0.2) is 0 Å². The summed E-state index contributed by atoms with van der Waals surface area (Å²) in [7, 11) is 0. The molecule has 0 saturated heterocycles. The third-order valence-corrected chi connectivity index (χ3v) is 2.35. The Morgan fingerprint density at radius 2 is 1.47 bits per heavy atom. The number of hydrogen-bond acceptors (Lipinski definition) is 2. The van der Waals surface area contributed by atoms with Gasteiger partial charge in [-0.15, -0.1) is 0 Å². The predicted molar refractivity (Wildman–Crippen MR) is 53.4 cm³/mol. The molecule has 19 heavy (non-hydrogen) atoms. The Morgan fingerprint density at radius 1 is 1.05 bits per heavy atom. The van der Waals surface area contributed by atoms with Crippen LogP contribution in [-0.4, -0.2) is 23.9 Å². The first-order chi connectivity index (χ1) is 8.86. The topological polar surface area (TPSA) is 44.1 Å². The quantitative estimate of drug-likeness (QED) is 0.369. The summed E-state index contributed by atoms with van der Waals surface area (Å²) < 4.78 is 65.3. The minimum Gasteiger partial charge on any atom is -0.325 e. The maximum atomic E-state index is 13.3. The van der Waals surface area contributed by atoms with E-state index in [0.717, 1.165) is 0 Å². The van der Waals surface area contributed by atoms with E-state index in [2.05, 4.69) is 0 Å². The summed E-state index contributed by atoms with van der Waals surface area (Å²) in [4.78, 5) is 12.3. The third kappa shape index (κ3) is 2.50. The minimum absolute atomic E-state index is 0.119. The lowest BCUT2D eigenvalue weighted by atomic mass is 10.1. The summed E-state index contributed by atoms with van der Waals surface area (Å²) in [6, 6.07) is 1.55. The predicted octanol–water partition coefficient (Wildman–Crippen LogP) is 2.37. The van der Waals surface area contributed by atoms with Crippen molar-refractivity contribution in [3.8, 4) is 6.07 Å². The van der Waals surface area contributed by atoms with Crippen molar-refractivity contribution in [2.45, 2.75) is 6.92 Å². The molecule has 0 N–H and O–H groups in total. The van der Waals surface area contributed by atoms with E-state index in [1.807, 2.05) is 0 Å². The van der Waals surface area contributed by atoms with Gasteiger partial charge in [-0.3, -0.25) is 4.79 Å². The number of carbonyl (C=O) groups excluding carboxylic acids is 1. The van der Waals surface area contributed by atoms with Gasteiger partial charge in [-0.25, -0.2) is 22.0 Å². The van der Waals surface area contributed by atoms with Crippen LogP contribution in [-0.2, 0) is 0 Å². The van der Waals surface area contributed by atoms with Crippen molar-refractivity contribution in [3.63, 3.8) is 0 Å². The second-order valence-corrected chi connectivity index (χ2v) is 3.42. The Morgan fingerprint density at radius 3 is 1.84 bits per heavy atom. The molecule has 102 valence electrons. The molecule has 1 rings (SSSR count). The molecule has 8 heteroatoms. The van der Waals surface area contributed by atoms with Crippen molar-refractivity contribution in [2.24, 2.45) is 0 Å². The van der Waals surface area contributed by atoms with Gasteiger partial charge in [0.2, 0.25) is 5.82 Å². The molecule has 0 aromatic heterocycles. The molecule has 0 radical (unpaired) electrons. The van der Waals surface area contributed by atoms with Crippen molar-refractivity contribution in [2.75, 3.05) is 13.1 Å². The van der Waals surface area contributed by atoms with Crippen molar-refractivity contribution in [3.05, 3.63) is 34.6 Å². The number of nitrogens with zero attached hydrogens (tertiary/aromatic N) is 2. The largest absolute Gasteiger partial charge is 0.325 e. The van der Waals surface area contributed by atoms with Gasteiger partial charge in [0.1, 0.15) is 12.1 Å². The molecule has 1 amide bonds. The summed E-state index contributed by atoms with van der Waals surface area (Å²) in [5.41, 5.74) is -1.56. The SMILES string of the molecule is CCN(CC#N)C(=O)c1c(F)c(F)c(F)c(F)c1F. The average Bonchev–Trinajstić information content (AvgIpc) is 2.40. The Bertz CT molecular complexity index is 538. The zero-order valence-electron chi connectivity index (χ0n) is 9.61. The standard InChI is InChI=1S/C11H7F5N2O/c1-2-18(4-3-17)11(19)5-6(12)8(14)10(16)9(15)7(5)13/h2,4H2,1H3. The highest BCUT2D eigenvalue weighted by atomic mass is 19.2. The maximum Gasteiger partial charge on any atom is 0.260 e.